The lowest BCUT2D eigenvalue weighted by molar-refractivity contribution is 0.199. The standard InChI is InChI=1S/C15H22N2O/c18-10-13-5-1-4-12(13)9-16-15-8-7-11-3-2-6-14(11)17-15/h7-8,12-13,18H,1-6,9-10H2,(H,16,17). The van der Waals surface area contributed by atoms with Crippen molar-refractivity contribution in [3.8, 4) is 0 Å². The Morgan fingerprint density at radius 3 is 2.94 bits per heavy atom. The van der Waals surface area contributed by atoms with Crippen LogP contribution in [0.5, 0.6) is 0 Å². The van der Waals surface area contributed by atoms with Gasteiger partial charge in [-0.15, -0.1) is 0 Å². The van der Waals surface area contributed by atoms with E-state index in [0.29, 0.717) is 18.4 Å². The average Bonchev–Trinajstić information content (AvgIpc) is 3.04. The van der Waals surface area contributed by atoms with Crippen LogP contribution < -0.4 is 5.32 Å². The van der Waals surface area contributed by atoms with Gasteiger partial charge >= 0.3 is 0 Å². The molecule has 98 valence electrons. The van der Waals surface area contributed by atoms with Gasteiger partial charge in [0.05, 0.1) is 0 Å². The lowest BCUT2D eigenvalue weighted by Gasteiger charge is -2.18. The van der Waals surface area contributed by atoms with Crippen molar-refractivity contribution in [2.75, 3.05) is 18.5 Å². The summed E-state index contributed by atoms with van der Waals surface area (Å²) in [7, 11) is 0. The molecule has 0 amide bonds. The molecule has 0 spiro atoms. The molecular formula is C15H22N2O. The minimum atomic E-state index is 0.337. The van der Waals surface area contributed by atoms with E-state index in [1.807, 2.05) is 0 Å². The van der Waals surface area contributed by atoms with Gasteiger partial charge in [0.15, 0.2) is 0 Å². The summed E-state index contributed by atoms with van der Waals surface area (Å²) >= 11 is 0. The Labute approximate surface area is 109 Å². The van der Waals surface area contributed by atoms with Crippen molar-refractivity contribution in [3.63, 3.8) is 0 Å². The fourth-order valence-electron chi connectivity index (χ4n) is 3.38. The van der Waals surface area contributed by atoms with Crippen LogP contribution in [0.1, 0.15) is 36.9 Å². The summed E-state index contributed by atoms with van der Waals surface area (Å²) in [4.78, 5) is 4.69. The molecule has 0 aliphatic heterocycles. The zero-order valence-corrected chi connectivity index (χ0v) is 10.9. The van der Waals surface area contributed by atoms with E-state index < -0.39 is 0 Å². The third-order valence-corrected chi connectivity index (χ3v) is 4.52. The number of fused-ring (bicyclic) bond motifs is 1. The van der Waals surface area contributed by atoms with Gasteiger partial charge in [0, 0.05) is 18.8 Å². The van der Waals surface area contributed by atoms with Crippen LogP contribution in [0, 0.1) is 11.8 Å². The predicted molar refractivity (Wildman–Crippen MR) is 72.7 cm³/mol. The first kappa shape index (κ1) is 12.0. The van der Waals surface area contributed by atoms with Gasteiger partial charge in [-0.05, 0) is 55.6 Å². The summed E-state index contributed by atoms with van der Waals surface area (Å²) in [6, 6.07) is 4.32. The maximum atomic E-state index is 9.32. The van der Waals surface area contributed by atoms with Crippen LogP contribution in [-0.4, -0.2) is 23.2 Å². The molecule has 0 bridgehead atoms. The van der Waals surface area contributed by atoms with E-state index in [4.69, 9.17) is 4.98 Å². The molecule has 2 aliphatic rings. The van der Waals surface area contributed by atoms with Gasteiger partial charge in [-0.3, -0.25) is 0 Å². The van der Waals surface area contributed by atoms with Crippen LogP contribution >= 0.6 is 0 Å². The van der Waals surface area contributed by atoms with Crippen molar-refractivity contribution < 1.29 is 5.11 Å². The van der Waals surface area contributed by atoms with Crippen LogP contribution in [0.4, 0.5) is 5.82 Å². The lowest BCUT2D eigenvalue weighted by Crippen LogP contribution is -2.21. The number of rotatable bonds is 4. The van der Waals surface area contributed by atoms with E-state index in [1.54, 1.807) is 0 Å². The molecule has 2 unspecified atom stereocenters. The van der Waals surface area contributed by atoms with E-state index in [-0.39, 0.29) is 0 Å². The number of aromatic nitrogens is 1. The predicted octanol–water partition coefficient (Wildman–Crippen LogP) is 2.39. The molecule has 2 atom stereocenters. The van der Waals surface area contributed by atoms with Gasteiger partial charge in [-0.25, -0.2) is 4.98 Å². The van der Waals surface area contributed by atoms with Crippen LogP contribution in [-0.2, 0) is 12.8 Å². The molecule has 1 aromatic rings. The summed E-state index contributed by atoms with van der Waals surface area (Å²) in [5.41, 5.74) is 2.71. The normalized spacial score (nSPS) is 26.3. The Balaban J connectivity index is 1.60. The van der Waals surface area contributed by atoms with Crippen LogP contribution in [0.3, 0.4) is 0 Å². The SMILES string of the molecule is OCC1CCCC1CNc1ccc2c(n1)CCC2. The quantitative estimate of drug-likeness (QED) is 0.857. The Morgan fingerprint density at radius 2 is 2.06 bits per heavy atom. The van der Waals surface area contributed by atoms with Gasteiger partial charge in [-0.1, -0.05) is 12.5 Å². The van der Waals surface area contributed by atoms with E-state index in [1.165, 1.54) is 43.4 Å². The minimum absolute atomic E-state index is 0.337. The third-order valence-electron chi connectivity index (χ3n) is 4.52. The number of aliphatic hydroxyl groups is 1. The van der Waals surface area contributed by atoms with Crippen LogP contribution in [0.25, 0.3) is 0 Å². The van der Waals surface area contributed by atoms with E-state index in [9.17, 15) is 5.11 Å². The van der Waals surface area contributed by atoms with E-state index >= 15 is 0 Å². The number of aryl methyl sites for hydroxylation is 2. The number of pyridine rings is 1. The summed E-state index contributed by atoms with van der Waals surface area (Å²) in [5, 5.41) is 12.8. The van der Waals surface area contributed by atoms with Crippen molar-refractivity contribution in [2.45, 2.75) is 38.5 Å². The number of hydrogen-bond donors (Lipinski definition) is 2. The second kappa shape index (κ2) is 5.27. The van der Waals surface area contributed by atoms with Crippen molar-refractivity contribution in [3.05, 3.63) is 23.4 Å². The zero-order chi connectivity index (χ0) is 12.4. The van der Waals surface area contributed by atoms with Crippen molar-refractivity contribution in [1.82, 2.24) is 4.98 Å². The maximum Gasteiger partial charge on any atom is 0.126 e. The topological polar surface area (TPSA) is 45.1 Å². The average molecular weight is 246 g/mol. The molecule has 1 fully saturated rings. The molecule has 1 aromatic heterocycles. The Kier molecular flexibility index (Phi) is 3.50. The number of nitrogens with zero attached hydrogens (tertiary/aromatic N) is 1. The van der Waals surface area contributed by atoms with Crippen molar-refractivity contribution in [2.24, 2.45) is 11.8 Å². The zero-order valence-electron chi connectivity index (χ0n) is 10.9. The summed E-state index contributed by atoms with van der Waals surface area (Å²) in [5.74, 6) is 2.12. The molecule has 3 nitrogen and oxygen atoms in total. The van der Waals surface area contributed by atoms with E-state index in [0.717, 1.165) is 18.8 Å². The molecule has 2 aliphatic carbocycles. The molecule has 3 heteroatoms. The highest BCUT2D eigenvalue weighted by Crippen LogP contribution is 2.31. The van der Waals surface area contributed by atoms with E-state index in [2.05, 4.69) is 17.4 Å². The van der Waals surface area contributed by atoms with Gasteiger partial charge in [0.2, 0.25) is 0 Å². The number of aliphatic hydroxyl groups excluding tert-OH is 1. The molecule has 1 heterocycles. The van der Waals surface area contributed by atoms with Gasteiger partial charge in [0.1, 0.15) is 5.82 Å². The number of anilines is 1. The second-order valence-electron chi connectivity index (χ2n) is 5.67. The first-order valence-electron chi connectivity index (χ1n) is 7.20. The molecule has 0 aromatic carbocycles. The summed E-state index contributed by atoms with van der Waals surface area (Å²) in [6.07, 6.45) is 7.26. The van der Waals surface area contributed by atoms with Crippen molar-refractivity contribution in [1.29, 1.82) is 0 Å². The first-order chi connectivity index (χ1) is 8.86. The summed E-state index contributed by atoms with van der Waals surface area (Å²) in [6.45, 7) is 1.29. The molecule has 1 saturated carbocycles. The molecular weight excluding hydrogens is 224 g/mol. The van der Waals surface area contributed by atoms with Gasteiger partial charge < -0.3 is 10.4 Å². The molecule has 2 N–H and O–H groups in total. The lowest BCUT2D eigenvalue weighted by atomic mass is 9.97. The van der Waals surface area contributed by atoms with Gasteiger partial charge in [-0.2, -0.15) is 0 Å². The highest BCUT2D eigenvalue weighted by molar-refractivity contribution is 5.40. The second-order valence-corrected chi connectivity index (χ2v) is 5.67. The smallest absolute Gasteiger partial charge is 0.126 e. The monoisotopic (exact) mass is 246 g/mol. The largest absolute Gasteiger partial charge is 0.396 e. The van der Waals surface area contributed by atoms with Gasteiger partial charge in [0.25, 0.3) is 0 Å². The van der Waals surface area contributed by atoms with Crippen LogP contribution in [0.2, 0.25) is 0 Å². The number of nitrogens with one attached hydrogen (secondary N) is 1. The highest BCUT2D eigenvalue weighted by Gasteiger charge is 2.26. The Morgan fingerprint density at radius 1 is 1.17 bits per heavy atom. The van der Waals surface area contributed by atoms with Crippen molar-refractivity contribution >= 4 is 5.82 Å². The maximum absolute atomic E-state index is 9.32. The first-order valence-corrected chi connectivity index (χ1v) is 7.20. The highest BCUT2D eigenvalue weighted by atomic mass is 16.3. The Bertz CT molecular complexity index is 419. The fourth-order valence-corrected chi connectivity index (χ4v) is 3.38. The molecule has 0 saturated heterocycles. The molecule has 3 rings (SSSR count). The Hall–Kier alpha value is -1.09. The number of hydrogen-bond acceptors (Lipinski definition) is 3. The minimum Gasteiger partial charge on any atom is -0.396 e. The fraction of sp³-hybridized carbons (Fsp3) is 0.667. The van der Waals surface area contributed by atoms with Crippen LogP contribution in [0.15, 0.2) is 12.1 Å². The molecule has 18 heavy (non-hydrogen) atoms. The third kappa shape index (κ3) is 2.37. The molecule has 0 radical (unpaired) electrons. The summed E-state index contributed by atoms with van der Waals surface area (Å²) < 4.78 is 0.